The van der Waals surface area contributed by atoms with Crippen LogP contribution in [-0.2, 0) is 11.2 Å². The van der Waals surface area contributed by atoms with Crippen LogP contribution in [-0.4, -0.2) is 26.9 Å². The van der Waals surface area contributed by atoms with Gasteiger partial charge in [0.2, 0.25) is 0 Å². The molecule has 0 spiro atoms. The summed E-state index contributed by atoms with van der Waals surface area (Å²) < 4.78 is 11.6. The van der Waals surface area contributed by atoms with Gasteiger partial charge >= 0.3 is 0 Å². The molecule has 1 aliphatic heterocycles. The van der Waals surface area contributed by atoms with Gasteiger partial charge in [-0.05, 0) is 31.4 Å². The van der Waals surface area contributed by atoms with Crippen molar-refractivity contribution in [3.05, 3.63) is 29.3 Å². The molecule has 1 aromatic rings. The zero-order valence-electron chi connectivity index (χ0n) is 12.4. The van der Waals surface area contributed by atoms with E-state index in [1.54, 1.807) is 7.11 Å². The number of hydrogen-bond donors (Lipinski definition) is 1. The molecule has 2 atom stereocenters. The summed E-state index contributed by atoms with van der Waals surface area (Å²) in [7, 11) is 3.77. The smallest absolute Gasteiger partial charge is 0.127 e. The highest BCUT2D eigenvalue weighted by Crippen LogP contribution is 2.36. The van der Waals surface area contributed by atoms with Gasteiger partial charge in [-0.25, -0.2) is 0 Å². The number of methoxy groups -OCH3 is 1. The van der Waals surface area contributed by atoms with Gasteiger partial charge in [0.15, 0.2) is 0 Å². The first kappa shape index (κ1) is 14.4. The Kier molecular flexibility index (Phi) is 4.83. The molecule has 0 radical (unpaired) electrons. The Morgan fingerprint density at radius 1 is 1.32 bits per heavy atom. The molecule has 3 heteroatoms. The molecule has 0 amide bonds. The maximum Gasteiger partial charge on any atom is 0.127 e. The first-order valence-corrected chi connectivity index (χ1v) is 7.13. The normalized spacial score (nSPS) is 17.7. The average molecular weight is 263 g/mol. The van der Waals surface area contributed by atoms with Crippen molar-refractivity contribution < 1.29 is 9.47 Å². The molecule has 106 valence electrons. The standard InChI is InChI=1S/C16H25NO2/c1-11(2)15(18-4)14(17-3)13-9-5-7-12-8-6-10-19-16(12)13/h5,7,9,11,14-15,17H,6,8,10H2,1-4H3. The molecule has 0 aliphatic carbocycles. The van der Waals surface area contributed by atoms with Crippen LogP contribution < -0.4 is 10.1 Å². The van der Waals surface area contributed by atoms with Gasteiger partial charge in [0, 0.05) is 12.7 Å². The fourth-order valence-corrected chi connectivity index (χ4v) is 2.95. The Bertz CT molecular complexity index is 417. The van der Waals surface area contributed by atoms with Crippen LogP contribution in [0.4, 0.5) is 0 Å². The molecular formula is C16H25NO2. The van der Waals surface area contributed by atoms with Crippen molar-refractivity contribution >= 4 is 0 Å². The van der Waals surface area contributed by atoms with Crippen molar-refractivity contribution in [3.63, 3.8) is 0 Å². The molecule has 1 aromatic carbocycles. The van der Waals surface area contributed by atoms with Crippen LogP contribution in [0, 0.1) is 5.92 Å². The lowest BCUT2D eigenvalue weighted by Crippen LogP contribution is -2.35. The number of aryl methyl sites for hydroxylation is 1. The van der Waals surface area contributed by atoms with Crippen molar-refractivity contribution in [3.8, 4) is 5.75 Å². The Morgan fingerprint density at radius 2 is 2.11 bits per heavy atom. The highest BCUT2D eigenvalue weighted by atomic mass is 16.5. The van der Waals surface area contributed by atoms with E-state index in [2.05, 4.69) is 37.4 Å². The molecule has 3 nitrogen and oxygen atoms in total. The fraction of sp³-hybridized carbons (Fsp3) is 0.625. The summed E-state index contributed by atoms with van der Waals surface area (Å²) in [5, 5.41) is 3.40. The number of hydrogen-bond acceptors (Lipinski definition) is 3. The molecule has 0 fully saturated rings. The molecule has 2 unspecified atom stereocenters. The average Bonchev–Trinajstić information content (AvgIpc) is 2.43. The molecular weight excluding hydrogens is 238 g/mol. The second-order valence-electron chi connectivity index (χ2n) is 5.50. The summed E-state index contributed by atoms with van der Waals surface area (Å²) in [6.07, 6.45) is 2.36. The first-order valence-electron chi connectivity index (χ1n) is 7.13. The zero-order chi connectivity index (χ0) is 13.8. The number of rotatable bonds is 5. The maximum absolute atomic E-state index is 5.92. The van der Waals surface area contributed by atoms with Gasteiger partial charge < -0.3 is 14.8 Å². The lowest BCUT2D eigenvalue weighted by molar-refractivity contribution is 0.0338. The highest BCUT2D eigenvalue weighted by molar-refractivity contribution is 5.45. The van der Waals surface area contributed by atoms with Crippen LogP contribution in [0.5, 0.6) is 5.75 Å². The molecule has 0 saturated carbocycles. The van der Waals surface area contributed by atoms with E-state index >= 15 is 0 Å². The fourth-order valence-electron chi connectivity index (χ4n) is 2.95. The predicted octanol–water partition coefficient (Wildman–Crippen LogP) is 2.94. The van der Waals surface area contributed by atoms with E-state index in [1.165, 1.54) is 11.1 Å². The van der Waals surface area contributed by atoms with Crippen LogP contribution in [0.25, 0.3) is 0 Å². The minimum Gasteiger partial charge on any atom is -0.493 e. The molecule has 0 aromatic heterocycles. The van der Waals surface area contributed by atoms with Crippen LogP contribution in [0.1, 0.15) is 37.4 Å². The summed E-state index contributed by atoms with van der Waals surface area (Å²) in [5.41, 5.74) is 2.54. The van der Waals surface area contributed by atoms with Crippen molar-refractivity contribution in [2.45, 2.75) is 38.8 Å². The minimum atomic E-state index is 0.141. The van der Waals surface area contributed by atoms with E-state index < -0.39 is 0 Å². The number of ether oxygens (including phenoxy) is 2. The summed E-state index contributed by atoms with van der Waals surface area (Å²) >= 11 is 0. The van der Waals surface area contributed by atoms with Crippen molar-refractivity contribution in [1.29, 1.82) is 0 Å². The lowest BCUT2D eigenvalue weighted by Gasteiger charge is -2.32. The van der Waals surface area contributed by atoms with Crippen molar-refractivity contribution in [2.75, 3.05) is 20.8 Å². The van der Waals surface area contributed by atoms with Crippen LogP contribution in [0.15, 0.2) is 18.2 Å². The van der Waals surface area contributed by atoms with E-state index in [-0.39, 0.29) is 12.1 Å². The second-order valence-corrected chi connectivity index (χ2v) is 5.50. The largest absolute Gasteiger partial charge is 0.493 e. The van der Waals surface area contributed by atoms with E-state index in [1.807, 2.05) is 7.05 Å². The monoisotopic (exact) mass is 263 g/mol. The highest BCUT2D eigenvalue weighted by Gasteiger charge is 2.28. The summed E-state index contributed by atoms with van der Waals surface area (Å²) in [5.74, 6) is 1.51. The third-order valence-corrected chi connectivity index (χ3v) is 3.87. The number of benzene rings is 1. The number of nitrogens with one attached hydrogen (secondary N) is 1. The zero-order valence-corrected chi connectivity index (χ0v) is 12.4. The molecule has 1 heterocycles. The Balaban J connectivity index is 2.37. The quantitative estimate of drug-likeness (QED) is 0.886. The van der Waals surface area contributed by atoms with Gasteiger partial charge in [-0.15, -0.1) is 0 Å². The van der Waals surface area contributed by atoms with Gasteiger partial charge in [-0.3, -0.25) is 0 Å². The summed E-state index contributed by atoms with van der Waals surface area (Å²) in [6.45, 7) is 5.20. The van der Waals surface area contributed by atoms with Crippen molar-refractivity contribution in [1.82, 2.24) is 5.32 Å². The third kappa shape index (κ3) is 2.93. The van der Waals surface area contributed by atoms with Crippen LogP contribution >= 0.6 is 0 Å². The van der Waals surface area contributed by atoms with E-state index in [4.69, 9.17) is 9.47 Å². The molecule has 0 bridgehead atoms. The Labute approximate surface area is 116 Å². The Morgan fingerprint density at radius 3 is 2.74 bits per heavy atom. The van der Waals surface area contributed by atoms with Gasteiger partial charge in [0.25, 0.3) is 0 Å². The van der Waals surface area contributed by atoms with Crippen molar-refractivity contribution in [2.24, 2.45) is 5.92 Å². The van der Waals surface area contributed by atoms with Gasteiger partial charge in [-0.1, -0.05) is 32.0 Å². The molecule has 19 heavy (non-hydrogen) atoms. The van der Waals surface area contributed by atoms with Crippen LogP contribution in [0.2, 0.25) is 0 Å². The molecule has 1 aliphatic rings. The lowest BCUT2D eigenvalue weighted by atomic mass is 9.90. The maximum atomic E-state index is 5.92. The third-order valence-electron chi connectivity index (χ3n) is 3.87. The topological polar surface area (TPSA) is 30.5 Å². The molecule has 2 rings (SSSR count). The van der Waals surface area contributed by atoms with Gasteiger partial charge in [0.1, 0.15) is 5.75 Å². The molecule has 0 saturated heterocycles. The van der Waals surface area contributed by atoms with Crippen LogP contribution in [0.3, 0.4) is 0 Å². The van der Waals surface area contributed by atoms with Gasteiger partial charge in [-0.2, -0.15) is 0 Å². The Hall–Kier alpha value is -1.06. The van der Waals surface area contributed by atoms with E-state index in [0.29, 0.717) is 5.92 Å². The van der Waals surface area contributed by atoms with E-state index in [9.17, 15) is 0 Å². The van der Waals surface area contributed by atoms with Gasteiger partial charge in [0.05, 0.1) is 18.8 Å². The SMILES string of the molecule is CNC(c1cccc2c1OCCC2)C(OC)C(C)C. The van der Waals surface area contributed by atoms with E-state index in [0.717, 1.165) is 25.2 Å². The first-order chi connectivity index (χ1) is 9.19. The summed E-state index contributed by atoms with van der Waals surface area (Å²) in [6, 6.07) is 6.61. The second kappa shape index (κ2) is 6.40. The number of para-hydroxylation sites is 1. The number of fused-ring (bicyclic) bond motifs is 1. The predicted molar refractivity (Wildman–Crippen MR) is 77.7 cm³/mol. The summed E-state index contributed by atoms with van der Waals surface area (Å²) in [4.78, 5) is 0. The molecule has 1 N–H and O–H groups in total. The minimum absolute atomic E-state index is 0.141. The number of likely N-dealkylation sites (N-methyl/N-ethyl adjacent to an activating group) is 1.